The summed E-state index contributed by atoms with van der Waals surface area (Å²) in [6, 6.07) is 0. The summed E-state index contributed by atoms with van der Waals surface area (Å²) in [4.78, 5) is 6.61. The molecule has 18 heavy (non-hydrogen) atoms. The van der Waals surface area contributed by atoms with Gasteiger partial charge in [-0.1, -0.05) is 6.92 Å². The molecule has 0 radical (unpaired) electrons. The highest BCUT2D eigenvalue weighted by Crippen LogP contribution is 2.29. The molecule has 1 fully saturated rings. The number of thioether (sulfide) groups is 1. The van der Waals surface area contributed by atoms with Crippen molar-refractivity contribution in [2.75, 3.05) is 32.4 Å². The SMILES string of the molecule is CCC(C)(O)CNC(=NC)N1CCSC(C)(C)C1. The molecule has 1 unspecified atom stereocenters. The predicted molar refractivity (Wildman–Crippen MR) is 80.4 cm³/mol. The molecule has 1 aliphatic rings. The van der Waals surface area contributed by atoms with E-state index in [-0.39, 0.29) is 4.75 Å². The van der Waals surface area contributed by atoms with Gasteiger partial charge in [-0.3, -0.25) is 4.99 Å². The second-order valence-corrected chi connectivity index (χ2v) is 7.58. The Bertz CT molecular complexity index is 303. The lowest BCUT2D eigenvalue weighted by Gasteiger charge is -2.39. The zero-order valence-electron chi connectivity index (χ0n) is 12.3. The van der Waals surface area contributed by atoms with E-state index in [4.69, 9.17) is 0 Å². The number of aliphatic imine (C=N–C) groups is 1. The maximum absolute atomic E-state index is 10.0. The van der Waals surface area contributed by atoms with Crippen molar-refractivity contribution in [3.8, 4) is 0 Å². The minimum Gasteiger partial charge on any atom is -0.388 e. The van der Waals surface area contributed by atoms with E-state index in [0.29, 0.717) is 6.54 Å². The molecule has 0 bridgehead atoms. The number of nitrogens with zero attached hydrogens (tertiary/aromatic N) is 2. The van der Waals surface area contributed by atoms with Crippen LogP contribution >= 0.6 is 11.8 Å². The first-order valence-corrected chi connectivity index (χ1v) is 7.60. The summed E-state index contributed by atoms with van der Waals surface area (Å²) in [5.41, 5.74) is -0.671. The molecule has 1 saturated heterocycles. The fourth-order valence-electron chi connectivity index (χ4n) is 1.92. The minimum absolute atomic E-state index is 0.267. The molecule has 0 amide bonds. The van der Waals surface area contributed by atoms with Gasteiger partial charge in [-0.05, 0) is 27.2 Å². The van der Waals surface area contributed by atoms with Crippen molar-refractivity contribution in [2.24, 2.45) is 4.99 Å². The van der Waals surface area contributed by atoms with Crippen LogP contribution in [0.5, 0.6) is 0 Å². The van der Waals surface area contributed by atoms with Crippen LogP contribution in [0.25, 0.3) is 0 Å². The predicted octanol–water partition coefficient (Wildman–Crippen LogP) is 1.55. The van der Waals surface area contributed by atoms with Crippen LogP contribution in [0.3, 0.4) is 0 Å². The molecular weight excluding hydrogens is 246 g/mol. The van der Waals surface area contributed by atoms with Gasteiger partial charge >= 0.3 is 0 Å². The van der Waals surface area contributed by atoms with Crippen molar-refractivity contribution < 1.29 is 5.11 Å². The average Bonchev–Trinajstić information content (AvgIpc) is 2.28. The molecule has 0 aromatic rings. The van der Waals surface area contributed by atoms with E-state index in [1.807, 2.05) is 25.6 Å². The van der Waals surface area contributed by atoms with E-state index in [2.05, 4.69) is 29.1 Å². The van der Waals surface area contributed by atoms with Crippen molar-refractivity contribution in [1.29, 1.82) is 0 Å². The summed E-state index contributed by atoms with van der Waals surface area (Å²) in [5.74, 6) is 2.02. The molecule has 0 spiro atoms. The largest absolute Gasteiger partial charge is 0.388 e. The number of hydrogen-bond acceptors (Lipinski definition) is 3. The third-order valence-corrected chi connectivity index (χ3v) is 4.62. The Balaban J connectivity index is 2.57. The van der Waals surface area contributed by atoms with Crippen molar-refractivity contribution in [3.05, 3.63) is 0 Å². The lowest BCUT2D eigenvalue weighted by atomic mass is 10.0. The van der Waals surface area contributed by atoms with E-state index in [1.54, 1.807) is 7.05 Å². The number of aliphatic hydroxyl groups is 1. The molecular formula is C13H27N3OS. The highest BCUT2D eigenvalue weighted by molar-refractivity contribution is 8.00. The van der Waals surface area contributed by atoms with E-state index in [9.17, 15) is 5.11 Å². The summed E-state index contributed by atoms with van der Waals surface area (Å²) in [5, 5.41) is 13.3. The van der Waals surface area contributed by atoms with Crippen LogP contribution < -0.4 is 5.32 Å². The van der Waals surface area contributed by atoms with Crippen LogP contribution in [0.2, 0.25) is 0 Å². The number of guanidine groups is 1. The third kappa shape index (κ3) is 4.69. The third-order valence-electron chi connectivity index (χ3n) is 3.33. The van der Waals surface area contributed by atoms with Gasteiger partial charge in [0.25, 0.3) is 0 Å². The molecule has 106 valence electrons. The average molecular weight is 273 g/mol. The Morgan fingerprint density at radius 1 is 1.56 bits per heavy atom. The van der Waals surface area contributed by atoms with E-state index >= 15 is 0 Å². The van der Waals surface area contributed by atoms with Crippen molar-refractivity contribution in [1.82, 2.24) is 10.2 Å². The molecule has 1 atom stereocenters. The highest BCUT2D eigenvalue weighted by Gasteiger charge is 2.29. The van der Waals surface area contributed by atoms with Gasteiger partial charge in [0.15, 0.2) is 5.96 Å². The molecule has 0 aromatic heterocycles. The van der Waals surface area contributed by atoms with Crippen LogP contribution in [0.4, 0.5) is 0 Å². The topological polar surface area (TPSA) is 47.9 Å². The molecule has 2 N–H and O–H groups in total. The van der Waals surface area contributed by atoms with Crippen LogP contribution in [-0.4, -0.2) is 58.7 Å². The molecule has 1 heterocycles. The van der Waals surface area contributed by atoms with Crippen LogP contribution in [0, 0.1) is 0 Å². The first kappa shape index (κ1) is 15.6. The molecule has 4 nitrogen and oxygen atoms in total. The van der Waals surface area contributed by atoms with Crippen LogP contribution in [-0.2, 0) is 0 Å². The first-order chi connectivity index (χ1) is 8.29. The van der Waals surface area contributed by atoms with Gasteiger partial charge < -0.3 is 15.3 Å². The fraction of sp³-hybridized carbons (Fsp3) is 0.923. The van der Waals surface area contributed by atoms with Crippen LogP contribution in [0.1, 0.15) is 34.1 Å². The Labute approximate surface area is 115 Å². The fourth-order valence-corrected chi connectivity index (χ4v) is 3.04. The number of rotatable bonds is 3. The van der Waals surface area contributed by atoms with Crippen LogP contribution in [0.15, 0.2) is 4.99 Å². The van der Waals surface area contributed by atoms with Gasteiger partial charge in [0.1, 0.15) is 0 Å². The summed E-state index contributed by atoms with van der Waals surface area (Å²) >= 11 is 2.01. The lowest BCUT2D eigenvalue weighted by molar-refractivity contribution is 0.0596. The van der Waals surface area contributed by atoms with Gasteiger partial charge in [-0.15, -0.1) is 0 Å². The van der Waals surface area contributed by atoms with Crippen molar-refractivity contribution in [3.63, 3.8) is 0 Å². The Hall–Kier alpha value is -0.420. The zero-order valence-corrected chi connectivity index (χ0v) is 13.1. The molecule has 1 aliphatic heterocycles. The normalized spacial score (nSPS) is 23.7. The molecule has 0 saturated carbocycles. The van der Waals surface area contributed by atoms with Gasteiger partial charge in [0, 0.05) is 37.2 Å². The minimum atomic E-state index is -0.671. The zero-order chi connectivity index (χ0) is 13.8. The number of hydrogen-bond donors (Lipinski definition) is 2. The highest BCUT2D eigenvalue weighted by atomic mass is 32.2. The first-order valence-electron chi connectivity index (χ1n) is 6.61. The summed E-state index contributed by atoms with van der Waals surface area (Å²) in [6.07, 6.45) is 0.734. The van der Waals surface area contributed by atoms with Gasteiger partial charge in [0.2, 0.25) is 0 Å². The maximum Gasteiger partial charge on any atom is 0.193 e. The smallest absolute Gasteiger partial charge is 0.193 e. The monoisotopic (exact) mass is 273 g/mol. The Kier molecular flexibility index (Phi) is 5.34. The second kappa shape index (κ2) is 6.15. The quantitative estimate of drug-likeness (QED) is 0.605. The van der Waals surface area contributed by atoms with E-state index in [0.717, 1.165) is 31.2 Å². The Morgan fingerprint density at radius 2 is 2.22 bits per heavy atom. The molecule has 1 rings (SSSR count). The summed E-state index contributed by atoms with van der Waals surface area (Å²) in [7, 11) is 1.80. The van der Waals surface area contributed by atoms with Gasteiger partial charge in [-0.2, -0.15) is 11.8 Å². The van der Waals surface area contributed by atoms with Gasteiger partial charge in [-0.25, -0.2) is 0 Å². The summed E-state index contributed by atoms with van der Waals surface area (Å²) in [6.45, 7) is 10.9. The molecule has 0 aliphatic carbocycles. The summed E-state index contributed by atoms with van der Waals surface area (Å²) < 4.78 is 0.267. The van der Waals surface area contributed by atoms with E-state index < -0.39 is 5.60 Å². The van der Waals surface area contributed by atoms with Gasteiger partial charge in [0.05, 0.1) is 5.60 Å². The van der Waals surface area contributed by atoms with Crippen molar-refractivity contribution in [2.45, 2.75) is 44.5 Å². The standard InChI is InChI=1S/C13H27N3OS/c1-6-13(4,17)9-15-11(14-5)16-7-8-18-12(2,3)10-16/h17H,6-10H2,1-5H3,(H,14,15). The van der Waals surface area contributed by atoms with Crippen molar-refractivity contribution >= 4 is 17.7 Å². The maximum atomic E-state index is 10.0. The lowest BCUT2D eigenvalue weighted by Crippen LogP contribution is -2.53. The Morgan fingerprint density at radius 3 is 2.72 bits per heavy atom. The molecule has 0 aromatic carbocycles. The number of nitrogens with one attached hydrogen (secondary N) is 1. The molecule has 5 heteroatoms. The second-order valence-electron chi connectivity index (χ2n) is 5.78. The van der Waals surface area contributed by atoms with E-state index in [1.165, 1.54) is 0 Å².